The van der Waals surface area contributed by atoms with Crippen LogP contribution in [-0.4, -0.2) is 6.04 Å². The summed E-state index contributed by atoms with van der Waals surface area (Å²) in [6.07, 6.45) is 2.58. The third-order valence-corrected chi connectivity index (χ3v) is 4.44. The maximum absolute atomic E-state index is 3.74. The van der Waals surface area contributed by atoms with Crippen LogP contribution >= 0.6 is 0 Å². The van der Waals surface area contributed by atoms with Gasteiger partial charge < -0.3 is 5.32 Å². The third-order valence-electron chi connectivity index (χ3n) is 4.44. The molecular formula is C18H23N. The summed E-state index contributed by atoms with van der Waals surface area (Å²) in [6, 6.07) is 15.8. The van der Waals surface area contributed by atoms with Gasteiger partial charge in [0, 0.05) is 11.7 Å². The summed E-state index contributed by atoms with van der Waals surface area (Å²) < 4.78 is 0. The monoisotopic (exact) mass is 253 g/mol. The van der Waals surface area contributed by atoms with Gasteiger partial charge in [0.1, 0.15) is 0 Å². The molecule has 0 bridgehead atoms. The highest BCUT2D eigenvalue weighted by atomic mass is 14.9. The second-order valence-corrected chi connectivity index (χ2v) is 6.86. The Balaban J connectivity index is 1.82. The predicted molar refractivity (Wildman–Crippen MR) is 83.5 cm³/mol. The zero-order valence-corrected chi connectivity index (χ0v) is 12.1. The van der Waals surface area contributed by atoms with Crippen LogP contribution in [0.5, 0.6) is 0 Å². The Morgan fingerprint density at radius 3 is 2.42 bits per heavy atom. The summed E-state index contributed by atoms with van der Waals surface area (Å²) in [5.41, 5.74) is 1.74. The van der Waals surface area contributed by atoms with E-state index >= 15 is 0 Å². The molecule has 100 valence electrons. The molecule has 0 aliphatic heterocycles. The summed E-state index contributed by atoms with van der Waals surface area (Å²) >= 11 is 0. The highest BCUT2D eigenvalue weighted by molar-refractivity contribution is 5.85. The van der Waals surface area contributed by atoms with Crippen LogP contribution in [0.4, 0.5) is 5.69 Å². The number of hydrogen-bond acceptors (Lipinski definition) is 1. The zero-order valence-electron chi connectivity index (χ0n) is 12.1. The molecule has 19 heavy (non-hydrogen) atoms. The minimum atomic E-state index is 0.480. The lowest BCUT2D eigenvalue weighted by atomic mass is 9.91. The molecule has 0 radical (unpaired) electrons. The maximum Gasteiger partial charge on any atom is 0.0348 e. The van der Waals surface area contributed by atoms with E-state index in [2.05, 4.69) is 68.6 Å². The Hall–Kier alpha value is -1.50. The molecule has 2 aromatic rings. The number of rotatable bonds is 2. The van der Waals surface area contributed by atoms with Gasteiger partial charge in [-0.05, 0) is 47.1 Å². The third kappa shape index (κ3) is 2.60. The van der Waals surface area contributed by atoms with Gasteiger partial charge in [-0.2, -0.15) is 0 Å². The van der Waals surface area contributed by atoms with Gasteiger partial charge in [0.2, 0.25) is 0 Å². The second-order valence-electron chi connectivity index (χ2n) is 6.86. The SMILES string of the molecule is CC1CC(C)(C)CC1Nc1ccc2ccccc2c1. The molecule has 0 spiro atoms. The molecule has 1 aliphatic carbocycles. The fourth-order valence-electron chi connectivity index (χ4n) is 3.58. The van der Waals surface area contributed by atoms with Gasteiger partial charge in [0.15, 0.2) is 0 Å². The molecule has 1 heteroatoms. The summed E-state index contributed by atoms with van der Waals surface area (Å²) in [5.74, 6) is 0.751. The van der Waals surface area contributed by atoms with Crippen LogP contribution in [0.1, 0.15) is 33.6 Å². The van der Waals surface area contributed by atoms with Crippen molar-refractivity contribution in [3.8, 4) is 0 Å². The van der Waals surface area contributed by atoms with Crippen LogP contribution in [0.2, 0.25) is 0 Å². The first-order valence-electron chi connectivity index (χ1n) is 7.29. The van der Waals surface area contributed by atoms with E-state index in [1.807, 2.05) is 0 Å². The average Bonchev–Trinajstić information content (AvgIpc) is 2.62. The van der Waals surface area contributed by atoms with Crippen molar-refractivity contribution in [1.29, 1.82) is 0 Å². The van der Waals surface area contributed by atoms with Crippen molar-refractivity contribution in [2.24, 2.45) is 11.3 Å². The molecule has 1 fully saturated rings. The molecule has 3 rings (SSSR count). The van der Waals surface area contributed by atoms with Crippen molar-refractivity contribution in [3.63, 3.8) is 0 Å². The number of nitrogens with one attached hydrogen (secondary N) is 1. The van der Waals surface area contributed by atoms with Gasteiger partial charge in [-0.1, -0.05) is 51.1 Å². The summed E-state index contributed by atoms with van der Waals surface area (Å²) in [6.45, 7) is 7.13. The zero-order chi connectivity index (χ0) is 13.5. The van der Waals surface area contributed by atoms with Crippen LogP contribution in [0.3, 0.4) is 0 Å². The quantitative estimate of drug-likeness (QED) is 0.787. The van der Waals surface area contributed by atoms with Crippen LogP contribution < -0.4 is 5.32 Å². The smallest absolute Gasteiger partial charge is 0.0348 e. The first-order valence-corrected chi connectivity index (χ1v) is 7.29. The van der Waals surface area contributed by atoms with E-state index < -0.39 is 0 Å². The number of anilines is 1. The maximum atomic E-state index is 3.74. The van der Waals surface area contributed by atoms with Crippen LogP contribution in [0.25, 0.3) is 10.8 Å². The number of hydrogen-bond donors (Lipinski definition) is 1. The Morgan fingerprint density at radius 1 is 1.00 bits per heavy atom. The van der Waals surface area contributed by atoms with E-state index in [9.17, 15) is 0 Å². The van der Waals surface area contributed by atoms with Crippen LogP contribution in [-0.2, 0) is 0 Å². The number of fused-ring (bicyclic) bond motifs is 1. The van der Waals surface area contributed by atoms with Crippen molar-refractivity contribution < 1.29 is 0 Å². The Morgan fingerprint density at radius 2 is 1.74 bits per heavy atom. The van der Waals surface area contributed by atoms with Crippen molar-refractivity contribution in [1.82, 2.24) is 0 Å². The lowest BCUT2D eigenvalue weighted by Gasteiger charge is -2.20. The Kier molecular flexibility index (Phi) is 3.00. The Bertz CT molecular complexity index is 585. The van der Waals surface area contributed by atoms with Crippen molar-refractivity contribution in [2.45, 2.75) is 39.7 Å². The predicted octanol–water partition coefficient (Wildman–Crippen LogP) is 5.08. The standard InChI is InChI=1S/C18H23N/c1-13-11-18(2,3)12-17(13)19-16-9-8-14-6-4-5-7-15(14)10-16/h4-10,13,17,19H,11-12H2,1-3H3. The van der Waals surface area contributed by atoms with Crippen molar-refractivity contribution >= 4 is 16.5 Å². The normalized spacial score (nSPS) is 25.6. The molecule has 0 aromatic heterocycles. The lowest BCUT2D eigenvalue weighted by molar-refractivity contribution is 0.366. The van der Waals surface area contributed by atoms with Gasteiger partial charge in [0.25, 0.3) is 0 Å². The van der Waals surface area contributed by atoms with E-state index in [1.54, 1.807) is 0 Å². The highest BCUT2D eigenvalue weighted by Crippen LogP contribution is 2.42. The molecule has 2 aromatic carbocycles. The second kappa shape index (κ2) is 4.56. The first kappa shape index (κ1) is 12.5. The fourth-order valence-corrected chi connectivity index (χ4v) is 3.58. The Labute approximate surface area is 116 Å². The molecule has 2 atom stereocenters. The molecule has 1 saturated carbocycles. The summed E-state index contributed by atoms with van der Waals surface area (Å²) in [5, 5.41) is 6.37. The van der Waals surface area contributed by atoms with Gasteiger partial charge in [-0.15, -0.1) is 0 Å². The molecule has 1 N–H and O–H groups in total. The van der Waals surface area contributed by atoms with Crippen LogP contribution in [0, 0.1) is 11.3 Å². The summed E-state index contributed by atoms with van der Waals surface area (Å²) in [7, 11) is 0. The van der Waals surface area contributed by atoms with Gasteiger partial charge >= 0.3 is 0 Å². The van der Waals surface area contributed by atoms with Gasteiger partial charge in [-0.25, -0.2) is 0 Å². The molecule has 0 heterocycles. The topological polar surface area (TPSA) is 12.0 Å². The van der Waals surface area contributed by atoms with Crippen molar-refractivity contribution in [3.05, 3.63) is 42.5 Å². The van der Waals surface area contributed by atoms with E-state index in [0.29, 0.717) is 11.5 Å². The molecule has 0 amide bonds. The molecule has 0 saturated heterocycles. The largest absolute Gasteiger partial charge is 0.382 e. The van der Waals surface area contributed by atoms with E-state index in [4.69, 9.17) is 0 Å². The molecule has 2 unspecified atom stereocenters. The van der Waals surface area contributed by atoms with E-state index in [1.165, 1.54) is 29.3 Å². The minimum absolute atomic E-state index is 0.480. The minimum Gasteiger partial charge on any atom is -0.382 e. The van der Waals surface area contributed by atoms with Gasteiger partial charge in [0.05, 0.1) is 0 Å². The number of benzene rings is 2. The summed E-state index contributed by atoms with van der Waals surface area (Å²) in [4.78, 5) is 0. The molecule has 1 nitrogen and oxygen atoms in total. The molecule has 1 aliphatic rings. The van der Waals surface area contributed by atoms with E-state index in [0.717, 1.165) is 5.92 Å². The average molecular weight is 253 g/mol. The van der Waals surface area contributed by atoms with Gasteiger partial charge in [-0.3, -0.25) is 0 Å². The molecular weight excluding hydrogens is 230 g/mol. The van der Waals surface area contributed by atoms with E-state index in [-0.39, 0.29) is 0 Å². The fraction of sp³-hybridized carbons (Fsp3) is 0.444. The van der Waals surface area contributed by atoms with Crippen molar-refractivity contribution in [2.75, 3.05) is 5.32 Å². The lowest BCUT2D eigenvalue weighted by Crippen LogP contribution is -2.22. The van der Waals surface area contributed by atoms with Crippen LogP contribution in [0.15, 0.2) is 42.5 Å². The highest BCUT2D eigenvalue weighted by Gasteiger charge is 2.36. The first-order chi connectivity index (χ1) is 9.03.